The molecule has 3 rings (SSSR count). The second kappa shape index (κ2) is 6.11. The Hall–Kier alpha value is -2.11. The summed E-state index contributed by atoms with van der Waals surface area (Å²) in [5, 5.41) is 7.11. The van der Waals surface area contributed by atoms with Crippen molar-refractivity contribution in [2.75, 3.05) is 7.05 Å². The average Bonchev–Trinajstić information content (AvgIpc) is 3.15. The zero-order valence-corrected chi connectivity index (χ0v) is 12.8. The Balaban J connectivity index is 2.06. The Morgan fingerprint density at radius 3 is 2.81 bits per heavy atom. The number of hydrogen-bond donors (Lipinski definition) is 0. The molecule has 0 unspecified atom stereocenters. The molecule has 0 aliphatic heterocycles. The molecule has 0 aliphatic carbocycles. The fourth-order valence-electron chi connectivity index (χ4n) is 1.86. The summed E-state index contributed by atoms with van der Waals surface area (Å²) < 4.78 is 7.18. The lowest BCUT2D eigenvalue weighted by Gasteiger charge is -2.00. The maximum Gasteiger partial charge on any atom is 0.206 e. The van der Waals surface area contributed by atoms with Gasteiger partial charge in [0, 0.05) is 23.0 Å². The van der Waals surface area contributed by atoms with Gasteiger partial charge in [0.15, 0.2) is 5.76 Å². The van der Waals surface area contributed by atoms with Gasteiger partial charge in [-0.05, 0) is 18.2 Å². The van der Waals surface area contributed by atoms with Gasteiger partial charge < -0.3 is 4.42 Å². The van der Waals surface area contributed by atoms with Crippen LogP contribution in [0.15, 0.2) is 62.6 Å². The van der Waals surface area contributed by atoms with Gasteiger partial charge >= 0.3 is 0 Å². The normalized spacial score (nSPS) is 12.4. The first kappa shape index (κ1) is 13.9. The van der Waals surface area contributed by atoms with Crippen LogP contribution in [-0.2, 0) is 0 Å². The van der Waals surface area contributed by atoms with Crippen molar-refractivity contribution in [1.82, 2.24) is 4.68 Å². The maximum atomic E-state index is 6.14. The van der Waals surface area contributed by atoms with Crippen LogP contribution in [0.3, 0.4) is 0 Å². The predicted molar refractivity (Wildman–Crippen MR) is 85.9 cm³/mol. The van der Waals surface area contributed by atoms with Gasteiger partial charge in [-0.15, -0.1) is 11.3 Å². The lowest BCUT2D eigenvalue weighted by molar-refractivity contribution is 0.575. The lowest BCUT2D eigenvalue weighted by Crippen LogP contribution is -2.11. The van der Waals surface area contributed by atoms with E-state index in [2.05, 4.69) is 10.1 Å². The highest BCUT2D eigenvalue weighted by molar-refractivity contribution is 7.07. The third-order valence-electron chi connectivity index (χ3n) is 2.87. The Bertz CT molecular complexity index is 831. The fourth-order valence-corrected chi connectivity index (χ4v) is 2.83. The number of rotatable bonds is 3. The molecular weight excluding hydrogens is 306 g/mol. The van der Waals surface area contributed by atoms with Gasteiger partial charge in [-0.1, -0.05) is 29.8 Å². The Morgan fingerprint density at radius 1 is 1.24 bits per heavy atom. The summed E-state index contributed by atoms with van der Waals surface area (Å²) in [5.74, 6) is 0.748. The number of thiazole rings is 1. The highest BCUT2D eigenvalue weighted by atomic mass is 35.5. The van der Waals surface area contributed by atoms with Gasteiger partial charge in [0.25, 0.3) is 0 Å². The molecule has 3 aromatic rings. The van der Waals surface area contributed by atoms with E-state index in [9.17, 15) is 0 Å². The maximum absolute atomic E-state index is 6.14. The van der Waals surface area contributed by atoms with Crippen LogP contribution in [0.5, 0.6) is 0 Å². The molecule has 1 aromatic carbocycles. The zero-order valence-electron chi connectivity index (χ0n) is 11.2. The molecule has 2 aromatic heterocycles. The fraction of sp³-hybridized carbons (Fsp3) is 0.0667. The van der Waals surface area contributed by atoms with Gasteiger partial charge in [-0.3, -0.25) is 4.99 Å². The van der Waals surface area contributed by atoms with E-state index in [1.807, 2.05) is 41.8 Å². The standard InChI is InChI=1S/C15H12ClN3OS/c1-17-15-19(13(10-21-15)14-7-4-8-20-14)18-9-11-5-2-3-6-12(11)16/h2-10H,1H3. The van der Waals surface area contributed by atoms with Crippen molar-refractivity contribution >= 4 is 29.2 Å². The summed E-state index contributed by atoms with van der Waals surface area (Å²) in [4.78, 5) is 5.01. The second-order valence-corrected chi connectivity index (χ2v) is 5.43. The van der Waals surface area contributed by atoms with Crippen molar-refractivity contribution in [2.45, 2.75) is 0 Å². The largest absolute Gasteiger partial charge is 0.463 e. The topological polar surface area (TPSA) is 42.8 Å². The summed E-state index contributed by atoms with van der Waals surface area (Å²) in [6.45, 7) is 0. The molecule has 0 amide bonds. The molecule has 0 atom stereocenters. The van der Waals surface area contributed by atoms with Gasteiger partial charge in [0.05, 0.1) is 12.5 Å². The number of halogens is 1. The number of benzene rings is 1. The number of aromatic nitrogens is 1. The molecule has 0 aliphatic rings. The van der Waals surface area contributed by atoms with Crippen molar-refractivity contribution in [1.29, 1.82) is 0 Å². The van der Waals surface area contributed by atoms with Crippen molar-refractivity contribution in [3.63, 3.8) is 0 Å². The quantitative estimate of drug-likeness (QED) is 0.676. The van der Waals surface area contributed by atoms with Gasteiger partial charge in [0.2, 0.25) is 4.80 Å². The van der Waals surface area contributed by atoms with Crippen LogP contribution in [0.4, 0.5) is 0 Å². The minimum absolute atomic E-state index is 0.659. The summed E-state index contributed by atoms with van der Waals surface area (Å²) >= 11 is 7.64. The highest BCUT2D eigenvalue weighted by Gasteiger charge is 2.09. The number of hydrogen-bond acceptors (Lipinski definition) is 4. The molecule has 0 radical (unpaired) electrons. The van der Waals surface area contributed by atoms with E-state index in [1.165, 1.54) is 11.3 Å². The molecule has 0 saturated heterocycles. The van der Waals surface area contributed by atoms with Crippen LogP contribution in [-0.4, -0.2) is 17.9 Å². The van der Waals surface area contributed by atoms with Crippen molar-refractivity contribution in [3.05, 3.63) is 63.4 Å². The van der Waals surface area contributed by atoms with Crippen LogP contribution < -0.4 is 4.80 Å². The second-order valence-electron chi connectivity index (χ2n) is 4.18. The van der Waals surface area contributed by atoms with Gasteiger partial charge in [-0.2, -0.15) is 5.10 Å². The zero-order chi connectivity index (χ0) is 14.7. The molecule has 0 bridgehead atoms. The van der Waals surface area contributed by atoms with Crippen molar-refractivity contribution in [3.8, 4) is 11.5 Å². The van der Waals surface area contributed by atoms with Crippen molar-refractivity contribution < 1.29 is 4.42 Å². The third-order valence-corrected chi connectivity index (χ3v) is 4.12. The highest BCUT2D eigenvalue weighted by Crippen LogP contribution is 2.20. The Morgan fingerprint density at radius 2 is 2.10 bits per heavy atom. The molecule has 0 fully saturated rings. The minimum atomic E-state index is 0.659. The summed E-state index contributed by atoms with van der Waals surface area (Å²) in [5.41, 5.74) is 1.71. The van der Waals surface area contributed by atoms with Crippen LogP contribution in [0.1, 0.15) is 5.56 Å². The van der Waals surface area contributed by atoms with Crippen LogP contribution >= 0.6 is 22.9 Å². The van der Waals surface area contributed by atoms with Crippen LogP contribution in [0.2, 0.25) is 5.02 Å². The molecule has 0 saturated carbocycles. The van der Waals surface area contributed by atoms with Crippen LogP contribution in [0, 0.1) is 0 Å². The molecule has 0 N–H and O–H groups in total. The van der Waals surface area contributed by atoms with Crippen LogP contribution in [0.25, 0.3) is 11.5 Å². The molecule has 0 spiro atoms. The van der Waals surface area contributed by atoms with E-state index in [4.69, 9.17) is 16.0 Å². The SMILES string of the molecule is CN=c1scc(-c2ccco2)n1N=Cc1ccccc1Cl. The predicted octanol–water partition coefficient (Wildman–Crippen LogP) is 3.88. The monoisotopic (exact) mass is 317 g/mol. The lowest BCUT2D eigenvalue weighted by atomic mass is 10.2. The smallest absolute Gasteiger partial charge is 0.206 e. The van der Waals surface area contributed by atoms with E-state index < -0.39 is 0 Å². The van der Waals surface area contributed by atoms with Crippen molar-refractivity contribution in [2.24, 2.45) is 10.1 Å². The van der Waals surface area contributed by atoms with Gasteiger partial charge in [0.1, 0.15) is 5.69 Å². The van der Waals surface area contributed by atoms with E-state index in [1.54, 1.807) is 24.2 Å². The third kappa shape index (κ3) is 2.84. The molecule has 2 heterocycles. The summed E-state index contributed by atoms with van der Waals surface area (Å²) in [6, 6.07) is 11.3. The first-order valence-corrected chi connectivity index (χ1v) is 7.51. The van der Waals surface area contributed by atoms with Gasteiger partial charge in [-0.25, -0.2) is 4.68 Å². The number of nitrogens with zero attached hydrogens (tertiary/aromatic N) is 3. The first-order valence-electron chi connectivity index (χ1n) is 6.25. The van der Waals surface area contributed by atoms with E-state index in [-0.39, 0.29) is 0 Å². The Kier molecular flexibility index (Phi) is 4.03. The molecular formula is C15H12ClN3OS. The summed E-state index contributed by atoms with van der Waals surface area (Å²) in [7, 11) is 1.74. The molecule has 6 heteroatoms. The molecule has 21 heavy (non-hydrogen) atoms. The number of furan rings is 1. The molecule has 4 nitrogen and oxygen atoms in total. The first-order chi connectivity index (χ1) is 10.3. The summed E-state index contributed by atoms with van der Waals surface area (Å²) in [6.07, 6.45) is 3.36. The Labute approximate surface area is 130 Å². The minimum Gasteiger partial charge on any atom is -0.463 e. The van der Waals surface area contributed by atoms with E-state index in [0.717, 1.165) is 21.8 Å². The molecule has 106 valence electrons. The van der Waals surface area contributed by atoms with E-state index >= 15 is 0 Å². The average molecular weight is 318 g/mol. The van der Waals surface area contributed by atoms with E-state index in [0.29, 0.717) is 5.02 Å².